The first-order valence-electron chi connectivity index (χ1n) is 12.8. The van der Waals surface area contributed by atoms with Crippen LogP contribution in [0.25, 0.3) is 0 Å². The maximum Gasteiger partial charge on any atom is 0.220 e. The molecule has 1 saturated carbocycles. The van der Waals surface area contributed by atoms with Crippen LogP contribution in [0, 0.1) is 0 Å². The molecule has 1 amide bonds. The molecule has 1 aliphatic carbocycles. The second-order valence-corrected chi connectivity index (χ2v) is 10.4. The highest BCUT2D eigenvalue weighted by Gasteiger charge is 2.57. The smallest absolute Gasteiger partial charge is 0.220 e. The Balaban J connectivity index is 1.36. The molecule has 0 spiro atoms. The quantitative estimate of drug-likeness (QED) is 0.538. The summed E-state index contributed by atoms with van der Waals surface area (Å²) in [6, 6.07) is 18.8. The number of carbonyl (C=O) groups is 1. The molecule has 0 unspecified atom stereocenters. The number of hydrogen-bond acceptors (Lipinski definition) is 4. The van der Waals surface area contributed by atoms with Crippen molar-refractivity contribution in [2.45, 2.75) is 74.8 Å². The summed E-state index contributed by atoms with van der Waals surface area (Å²) in [5.41, 5.74) is 1.32. The maximum absolute atomic E-state index is 12.8. The predicted octanol–water partition coefficient (Wildman–Crippen LogP) is 4.47. The third-order valence-electron chi connectivity index (χ3n) is 8.04. The van der Waals surface area contributed by atoms with Crippen LogP contribution in [-0.4, -0.2) is 54.8 Å². The zero-order chi connectivity index (χ0) is 24.0. The number of carbonyl (C=O) groups excluding carboxylic acids is 1. The first kappa shape index (κ1) is 24.7. The van der Waals surface area contributed by atoms with E-state index in [1.807, 2.05) is 18.2 Å². The number of ether oxygens (including phenoxy) is 1. The molecule has 184 valence electrons. The van der Waals surface area contributed by atoms with Crippen LogP contribution in [0.3, 0.4) is 0 Å². The number of benzene rings is 2. The fourth-order valence-electron chi connectivity index (χ4n) is 6.15. The van der Waals surface area contributed by atoms with Crippen LogP contribution in [0.4, 0.5) is 0 Å². The minimum Gasteiger partial charge on any atom is -0.497 e. The van der Waals surface area contributed by atoms with Gasteiger partial charge < -0.3 is 20.1 Å². The second-order valence-electron chi connectivity index (χ2n) is 10.4. The Morgan fingerprint density at radius 3 is 2.74 bits per heavy atom. The van der Waals surface area contributed by atoms with Gasteiger partial charge in [-0.1, -0.05) is 48.9 Å². The molecule has 2 aromatic rings. The molecule has 5 nitrogen and oxygen atoms in total. The number of nitrogens with one attached hydrogen (secondary N) is 1. The Hall–Kier alpha value is -2.37. The molecule has 5 heteroatoms. The van der Waals surface area contributed by atoms with Gasteiger partial charge in [0.2, 0.25) is 5.91 Å². The summed E-state index contributed by atoms with van der Waals surface area (Å²) in [6.45, 7) is 1.59. The van der Waals surface area contributed by atoms with Gasteiger partial charge >= 0.3 is 0 Å². The normalized spacial score (nSPS) is 27.1. The number of methoxy groups -OCH3 is 1. The van der Waals surface area contributed by atoms with Gasteiger partial charge in [-0.2, -0.15) is 0 Å². The minimum absolute atomic E-state index is 0.0895. The molecule has 2 N–H and O–H groups in total. The molecular weight excluding hydrogens is 424 g/mol. The number of aliphatic hydroxyl groups is 1. The van der Waals surface area contributed by atoms with E-state index in [1.165, 1.54) is 5.56 Å². The molecule has 4 rings (SSSR count). The largest absolute Gasteiger partial charge is 0.497 e. The van der Waals surface area contributed by atoms with Crippen molar-refractivity contribution in [3.8, 4) is 5.75 Å². The Morgan fingerprint density at radius 2 is 1.94 bits per heavy atom. The Kier molecular flexibility index (Phi) is 7.95. The van der Waals surface area contributed by atoms with Crippen molar-refractivity contribution >= 4 is 5.91 Å². The number of β-amino-alcohol motifs (C(OH)–C–C–N with tert-alkyl or cyclic N) is 1. The van der Waals surface area contributed by atoms with E-state index in [0.717, 1.165) is 62.8 Å². The number of piperidine rings is 1. The van der Waals surface area contributed by atoms with Crippen LogP contribution in [0.1, 0.15) is 62.5 Å². The number of rotatable bonds is 9. The molecule has 2 aromatic carbocycles. The summed E-state index contributed by atoms with van der Waals surface area (Å²) in [5, 5.41) is 15.2. The van der Waals surface area contributed by atoms with Gasteiger partial charge in [-0.05, 0) is 81.8 Å². The average molecular weight is 465 g/mol. The number of likely N-dealkylation sites (tertiary alicyclic amines) is 1. The van der Waals surface area contributed by atoms with Crippen molar-refractivity contribution in [2.75, 3.05) is 27.2 Å². The molecule has 34 heavy (non-hydrogen) atoms. The number of amides is 1. The summed E-state index contributed by atoms with van der Waals surface area (Å²) in [5.74, 6) is 0.957. The maximum atomic E-state index is 12.8. The summed E-state index contributed by atoms with van der Waals surface area (Å²) < 4.78 is 5.50. The highest BCUT2D eigenvalue weighted by atomic mass is 16.5. The lowest BCUT2D eigenvalue weighted by molar-refractivity contribution is -0.131. The van der Waals surface area contributed by atoms with Crippen molar-refractivity contribution in [1.29, 1.82) is 0 Å². The lowest BCUT2D eigenvalue weighted by Gasteiger charge is -2.57. The van der Waals surface area contributed by atoms with E-state index in [-0.39, 0.29) is 17.4 Å². The predicted molar refractivity (Wildman–Crippen MR) is 136 cm³/mol. The van der Waals surface area contributed by atoms with Gasteiger partial charge in [-0.3, -0.25) is 4.79 Å². The molecule has 0 bridgehead atoms. The van der Waals surface area contributed by atoms with Crippen molar-refractivity contribution in [1.82, 2.24) is 10.2 Å². The Labute approximate surface area is 204 Å². The van der Waals surface area contributed by atoms with Crippen LogP contribution in [0.5, 0.6) is 5.75 Å². The van der Waals surface area contributed by atoms with E-state index in [9.17, 15) is 9.90 Å². The third-order valence-corrected chi connectivity index (χ3v) is 8.04. The van der Waals surface area contributed by atoms with Crippen molar-refractivity contribution < 1.29 is 14.6 Å². The number of fused-ring (bicyclic) bond motifs is 1. The lowest BCUT2D eigenvalue weighted by Crippen LogP contribution is -2.66. The van der Waals surface area contributed by atoms with Crippen LogP contribution in [-0.2, 0) is 16.6 Å². The van der Waals surface area contributed by atoms with Crippen molar-refractivity contribution in [2.24, 2.45) is 0 Å². The number of aryl methyl sites for hydroxylation is 1. The number of nitrogens with zero attached hydrogens (tertiary/aromatic N) is 1. The van der Waals surface area contributed by atoms with Crippen molar-refractivity contribution in [3.63, 3.8) is 0 Å². The van der Waals surface area contributed by atoms with Crippen LogP contribution < -0.4 is 10.1 Å². The first-order chi connectivity index (χ1) is 16.4. The fraction of sp³-hybridized carbons (Fsp3) is 0.552. The van der Waals surface area contributed by atoms with E-state index < -0.39 is 5.60 Å². The van der Waals surface area contributed by atoms with Crippen molar-refractivity contribution in [3.05, 3.63) is 65.7 Å². The zero-order valence-electron chi connectivity index (χ0n) is 20.8. The Morgan fingerprint density at radius 1 is 1.12 bits per heavy atom. The topological polar surface area (TPSA) is 61.8 Å². The van der Waals surface area contributed by atoms with Gasteiger partial charge in [-0.25, -0.2) is 0 Å². The van der Waals surface area contributed by atoms with Gasteiger partial charge in [0.15, 0.2) is 0 Å². The molecule has 1 saturated heterocycles. The number of hydrogen-bond donors (Lipinski definition) is 2. The standard InChI is InChI=1S/C29H40N2O3/c1-31-19-18-28(24-13-9-14-26(20-24)34-2)21-25(16-17-29(28,33)22-31)30-27(32)15-8-4-7-12-23-10-5-3-6-11-23/h3,5-6,9-11,13-14,20,25,33H,4,7-8,12,15-19,21-22H2,1-2H3,(H,30,32)/t25-,28+,29+/m1/s1. The minimum atomic E-state index is -0.801. The summed E-state index contributed by atoms with van der Waals surface area (Å²) in [7, 11) is 3.76. The van der Waals surface area contributed by atoms with Gasteiger partial charge in [0.05, 0.1) is 12.7 Å². The SMILES string of the molecule is COc1cccc([C@@]23CCN(C)C[C@@]2(O)CC[C@@H](NC(=O)CCCCCc2ccccc2)C3)c1. The average Bonchev–Trinajstić information content (AvgIpc) is 2.84. The molecular formula is C29H40N2O3. The van der Waals surface area contributed by atoms with Gasteiger partial charge in [0.1, 0.15) is 5.75 Å². The Bertz CT molecular complexity index is 949. The molecule has 3 atom stereocenters. The number of likely N-dealkylation sites (N-methyl/N-ethyl adjacent to an activating group) is 1. The van der Waals surface area contributed by atoms with E-state index in [4.69, 9.17) is 4.74 Å². The fourth-order valence-corrected chi connectivity index (χ4v) is 6.15. The summed E-state index contributed by atoms with van der Waals surface area (Å²) in [4.78, 5) is 15.0. The zero-order valence-corrected chi connectivity index (χ0v) is 20.8. The van der Waals surface area contributed by atoms with Gasteiger partial charge in [0.25, 0.3) is 0 Å². The van der Waals surface area contributed by atoms with Gasteiger partial charge in [-0.15, -0.1) is 0 Å². The molecule has 0 aromatic heterocycles. The van der Waals surface area contributed by atoms with E-state index >= 15 is 0 Å². The molecule has 0 radical (unpaired) electrons. The molecule has 1 heterocycles. The lowest BCUT2D eigenvalue weighted by atomic mass is 9.55. The molecule has 2 aliphatic rings. The monoisotopic (exact) mass is 464 g/mol. The summed E-state index contributed by atoms with van der Waals surface area (Å²) >= 11 is 0. The van der Waals surface area contributed by atoms with Gasteiger partial charge in [0, 0.05) is 24.4 Å². The van der Waals surface area contributed by atoms with Crippen LogP contribution in [0.2, 0.25) is 0 Å². The number of unbranched alkanes of at least 4 members (excludes halogenated alkanes) is 2. The highest BCUT2D eigenvalue weighted by molar-refractivity contribution is 5.76. The molecule has 2 fully saturated rings. The van der Waals surface area contributed by atoms with Crippen LogP contribution in [0.15, 0.2) is 54.6 Å². The second kappa shape index (κ2) is 10.9. The van der Waals surface area contributed by atoms with E-state index in [1.54, 1.807) is 7.11 Å². The summed E-state index contributed by atoms with van der Waals surface area (Å²) in [6.07, 6.45) is 7.88. The van der Waals surface area contributed by atoms with Crippen LogP contribution >= 0.6 is 0 Å². The first-order valence-corrected chi connectivity index (χ1v) is 12.8. The van der Waals surface area contributed by atoms with E-state index in [0.29, 0.717) is 19.4 Å². The third kappa shape index (κ3) is 5.47. The molecule has 1 aliphatic heterocycles. The van der Waals surface area contributed by atoms with E-state index in [2.05, 4.69) is 53.7 Å². The highest BCUT2D eigenvalue weighted by Crippen LogP contribution is 2.51.